The van der Waals surface area contributed by atoms with E-state index in [0.717, 1.165) is 31.6 Å². The first-order chi connectivity index (χ1) is 11.1. The highest BCUT2D eigenvalue weighted by Crippen LogP contribution is 2.26. The molecule has 0 bridgehead atoms. The van der Waals surface area contributed by atoms with E-state index in [0.29, 0.717) is 11.3 Å². The largest absolute Gasteiger partial charge is 0.397 e. The molecule has 0 spiro atoms. The number of carbonyl (C=O) groups excluding carboxylic acids is 1. The molecule has 1 saturated heterocycles. The second-order valence-electron chi connectivity index (χ2n) is 6.08. The van der Waals surface area contributed by atoms with E-state index in [2.05, 4.69) is 24.4 Å². The molecule has 1 fully saturated rings. The summed E-state index contributed by atoms with van der Waals surface area (Å²) >= 11 is 0. The SMILES string of the molecule is C[C@@H](Nc1ccc(C(=O)N2CCCC2)cc1N)c1ccccc1. The summed E-state index contributed by atoms with van der Waals surface area (Å²) in [6.07, 6.45) is 2.19. The number of nitrogens with one attached hydrogen (secondary N) is 1. The van der Waals surface area contributed by atoms with Crippen molar-refractivity contribution < 1.29 is 4.79 Å². The van der Waals surface area contributed by atoms with E-state index in [1.807, 2.05) is 35.2 Å². The Labute approximate surface area is 137 Å². The number of nitrogens with two attached hydrogens (primary N) is 1. The first kappa shape index (κ1) is 15.4. The van der Waals surface area contributed by atoms with Crippen LogP contribution < -0.4 is 11.1 Å². The minimum atomic E-state index is 0.0804. The summed E-state index contributed by atoms with van der Waals surface area (Å²) in [5, 5.41) is 3.41. The van der Waals surface area contributed by atoms with Crippen LogP contribution in [0.5, 0.6) is 0 Å². The van der Waals surface area contributed by atoms with Gasteiger partial charge in [0.2, 0.25) is 0 Å². The van der Waals surface area contributed by atoms with Gasteiger partial charge in [-0.3, -0.25) is 4.79 Å². The van der Waals surface area contributed by atoms with Crippen LogP contribution in [0.4, 0.5) is 11.4 Å². The Morgan fingerprint density at radius 1 is 1.13 bits per heavy atom. The molecule has 1 aliphatic heterocycles. The molecular formula is C19H23N3O. The Kier molecular flexibility index (Phi) is 4.51. The second kappa shape index (κ2) is 6.73. The van der Waals surface area contributed by atoms with E-state index in [-0.39, 0.29) is 11.9 Å². The Morgan fingerprint density at radius 3 is 2.48 bits per heavy atom. The molecule has 2 aromatic carbocycles. The third kappa shape index (κ3) is 3.47. The number of hydrogen-bond donors (Lipinski definition) is 2. The van der Waals surface area contributed by atoms with E-state index in [1.54, 1.807) is 6.07 Å². The van der Waals surface area contributed by atoms with Gasteiger partial charge in [-0.15, -0.1) is 0 Å². The molecular weight excluding hydrogens is 286 g/mol. The van der Waals surface area contributed by atoms with Gasteiger partial charge in [0.15, 0.2) is 0 Å². The van der Waals surface area contributed by atoms with Crippen LogP contribution in [0.3, 0.4) is 0 Å². The number of nitrogen functional groups attached to an aromatic ring is 1. The van der Waals surface area contributed by atoms with Crippen molar-refractivity contribution in [1.82, 2.24) is 4.90 Å². The molecule has 3 rings (SSSR count). The lowest BCUT2D eigenvalue weighted by Crippen LogP contribution is -2.27. The number of amides is 1. The van der Waals surface area contributed by atoms with E-state index < -0.39 is 0 Å². The average Bonchev–Trinajstić information content (AvgIpc) is 3.11. The quantitative estimate of drug-likeness (QED) is 0.847. The van der Waals surface area contributed by atoms with Gasteiger partial charge in [0.05, 0.1) is 11.4 Å². The van der Waals surface area contributed by atoms with Crippen molar-refractivity contribution >= 4 is 17.3 Å². The highest BCUT2D eigenvalue weighted by atomic mass is 16.2. The Bertz CT molecular complexity index is 678. The topological polar surface area (TPSA) is 58.4 Å². The maximum Gasteiger partial charge on any atom is 0.253 e. The molecule has 1 heterocycles. The third-order valence-corrected chi connectivity index (χ3v) is 4.36. The van der Waals surface area contributed by atoms with Crippen molar-refractivity contribution in [3.63, 3.8) is 0 Å². The molecule has 0 aromatic heterocycles. The van der Waals surface area contributed by atoms with E-state index in [9.17, 15) is 4.79 Å². The molecule has 0 radical (unpaired) electrons. The van der Waals surface area contributed by atoms with Crippen LogP contribution in [-0.2, 0) is 0 Å². The summed E-state index contributed by atoms with van der Waals surface area (Å²) in [6.45, 7) is 3.80. The highest BCUT2D eigenvalue weighted by Gasteiger charge is 2.20. The zero-order valence-corrected chi connectivity index (χ0v) is 13.5. The van der Waals surface area contributed by atoms with Crippen molar-refractivity contribution in [3.8, 4) is 0 Å². The number of anilines is 2. The summed E-state index contributed by atoms with van der Waals surface area (Å²) in [5.74, 6) is 0.0804. The Hall–Kier alpha value is -2.49. The minimum Gasteiger partial charge on any atom is -0.397 e. The lowest BCUT2D eigenvalue weighted by atomic mass is 10.1. The number of likely N-dealkylation sites (tertiary alicyclic amines) is 1. The van der Waals surface area contributed by atoms with Gasteiger partial charge in [0, 0.05) is 24.7 Å². The average molecular weight is 309 g/mol. The Balaban J connectivity index is 1.73. The predicted octanol–water partition coefficient (Wildman–Crippen LogP) is 3.68. The van der Waals surface area contributed by atoms with Gasteiger partial charge in [-0.1, -0.05) is 30.3 Å². The van der Waals surface area contributed by atoms with Gasteiger partial charge in [-0.05, 0) is 43.5 Å². The van der Waals surface area contributed by atoms with Gasteiger partial charge in [-0.25, -0.2) is 0 Å². The minimum absolute atomic E-state index is 0.0804. The third-order valence-electron chi connectivity index (χ3n) is 4.36. The molecule has 1 atom stereocenters. The molecule has 2 aromatic rings. The zero-order chi connectivity index (χ0) is 16.2. The molecule has 4 nitrogen and oxygen atoms in total. The van der Waals surface area contributed by atoms with Crippen LogP contribution >= 0.6 is 0 Å². The van der Waals surface area contributed by atoms with Crippen LogP contribution in [-0.4, -0.2) is 23.9 Å². The van der Waals surface area contributed by atoms with Gasteiger partial charge in [0.1, 0.15) is 0 Å². The normalized spacial score (nSPS) is 15.4. The molecule has 1 amide bonds. The fraction of sp³-hybridized carbons (Fsp3) is 0.316. The molecule has 0 unspecified atom stereocenters. The summed E-state index contributed by atoms with van der Waals surface area (Å²) in [5.41, 5.74) is 9.49. The second-order valence-corrected chi connectivity index (χ2v) is 6.08. The zero-order valence-electron chi connectivity index (χ0n) is 13.5. The van der Waals surface area contributed by atoms with Crippen LogP contribution in [0.25, 0.3) is 0 Å². The van der Waals surface area contributed by atoms with Gasteiger partial charge in [0.25, 0.3) is 5.91 Å². The first-order valence-electron chi connectivity index (χ1n) is 8.15. The van der Waals surface area contributed by atoms with Crippen molar-refractivity contribution in [2.24, 2.45) is 0 Å². The van der Waals surface area contributed by atoms with E-state index in [1.165, 1.54) is 5.56 Å². The fourth-order valence-corrected chi connectivity index (χ4v) is 2.99. The fourth-order valence-electron chi connectivity index (χ4n) is 2.99. The maximum atomic E-state index is 12.4. The number of carbonyl (C=O) groups is 1. The van der Waals surface area contributed by atoms with Gasteiger partial charge in [-0.2, -0.15) is 0 Å². The Morgan fingerprint density at radius 2 is 1.83 bits per heavy atom. The number of rotatable bonds is 4. The number of hydrogen-bond acceptors (Lipinski definition) is 3. The molecule has 1 aliphatic rings. The molecule has 3 N–H and O–H groups in total. The van der Waals surface area contributed by atoms with Crippen molar-refractivity contribution in [2.45, 2.75) is 25.8 Å². The summed E-state index contributed by atoms with van der Waals surface area (Å²) < 4.78 is 0. The van der Waals surface area contributed by atoms with Gasteiger partial charge < -0.3 is 16.0 Å². The number of nitrogens with zero attached hydrogens (tertiary/aromatic N) is 1. The highest BCUT2D eigenvalue weighted by molar-refractivity contribution is 5.96. The maximum absolute atomic E-state index is 12.4. The van der Waals surface area contributed by atoms with Crippen LogP contribution in [0.2, 0.25) is 0 Å². The summed E-state index contributed by atoms with van der Waals surface area (Å²) in [6, 6.07) is 15.9. The smallest absolute Gasteiger partial charge is 0.253 e. The monoisotopic (exact) mass is 309 g/mol. The molecule has 4 heteroatoms. The molecule has 0 saturated carbocycles. The van der Waals surface area contributed by atoms with Crippen LogP contribution in [0.1, 0.15) is 41.7 Å². The standard InChI is InChI=1S/C19H23N3O/c1-14(15-7-3-2-4-8-15)21-18-10-9-16(13-17(18)20)19(23)22-11-5-6-12-22/h2-4,7-10,13-14,21H,5-6,11-12,20H2,1H3/t14-/m1/s1. The number of benzene rings is 2. The van der Waals surface area contributed by atoms with Crippen molar-refractivity contribution in [1.29, 1.82) is 0 Å². The van der Waals surface area contributed by atoms with Crippen molar-refractivity contribution in [2.75, 3.05) is 24.1 Å². The van der Waals surface area contributed by atoms with Crippen molar-refractivity contribution in [3.05, 3.63) is 59.7 Å². The van der Waals surface area contributed by atoms with Crippen LogP contribution in [0.15, 0.2) is 48.5 Å². The van der Waals surface area contributed by atoms with Gasteiger partial charge >= 0.3 is 0 Å². The lowest BCUT2D eigenvalue weighted by molar-refractivity contribution is 0.0793. The first-order valence-corrected chi connectivity index (χ1v) is 8.15. The summed E-state index contributed by atoms with van der Waals surface area (Å²) in [4.78, 5) is 14.3. The van der Waals surface area contributed by atoms with Crippen LogP contribution in [0, 0.1) is 0 Å². The van der Waals surface area contributed by atoms with E-state index >= 15 is 0 Å². The molecule has 23 heavy (non-hydrogen) atoms. The van der Waals surface area contributed by atoms with E-state index in [4.69, 9.17) is 5.73 Å². The lowest BCUT2D eigenvalue weighted by Gasteiger charge is -2.19. The summed E-state index contributed by atoms with van der Waals surface area (Å²) in [7, 11) is 0. The predicted molar refractivity (Wildman–Crippen MR) is 94.5 cm³/mol. The molecule has 0 aliphatic carbocycles. The molecule has 120 valence electrons.